The molecule has 1 aromatic heterocycles. The number of rotatable bonds is 7. The average molecular weight is 441 g/mol. The fourth-order valence-electron chi connectivity index (χ4n) is 4.42. The van der Waals surface area contributed by atoms with Gasteiger partial charge in [0.2, 0.25) is 11.8 Å². The zero-order valence-corrected chi connectivity index (χ0v) is 18.8. The Morgan fingerprint density at radius 2 is 1.39 bits per heavy atom. The summed E-state index contributed by atoms with van der Waals surface area (Å²) in [6.07, 6.45) is 0. The van der Waals surface area contributed by atoms with Crippen molar-refractivity contribution in [2.24, 2.45) is 0 Å². The summed E-state index contributed by atoms with van der Waals surface area (Å²) in [5.74, 6) is 2.00. The average Bonchev–Trinajstić information content (AvgIpc) is 3.35. The van der Waals surface area contributed by atoms with Crippen molar-refractivity contribution in [1.82, 2.24) is 20.0 Å². The fourth-order valence-corrected chi connectivity index (χ4v) is 4.42. The van der Waals surface area contributed by atoms with Crippen LogP contribution in [0.4, 0.5) is 0 Å². The Bertz CT molecular complexity index is 1100. The first kappa shape index (κ1) is 21.4. The molecule has 1 fully saturated rings. The maximum Gasteiger partial charge on any atom is 0.247 e. The highest BCUT2D eigenvalue weighted by atomic mass is 16.5. The lowest BCUT2D eigenvalue weighted by molar-refractivity contribution is 0.0986. The van der Waals surface area contributed by atoms with Gasteiger partial charge in [-0.1, -0.05) is 60.7 Å². The minimum Gasteiger partial charge on any atom is -0.497 e. The molecule has 6 heteroatoms. The number of benzene rings is 3. The van der Waals surface area contributed by atoms with E-state index in [4.69, 9.17) is 9.15 Å². The Hall–Kier alpha value is -3.48. The Kier molecular flexibility index (Phi) is 6.46. The molecule has 0 amide bonds. The Balaban J connectivity index is 1.24. The van der Waals surface area contributed by atoms with E-state index in [2.05, 4.69) is 80.7 Å². The van der Waals surface area contributed by atoms with E-state index in [0.29, 0.717) is 18.3 Å². The third kappa shape index (κ3) is 4.97. The molecule has 6 nitrogen and oxygen atoms in total. The Morgan fingerprint density at radius 3 is 1.97 bits per heavy atom. The lowest BCUT2D eigenvalue weighted by Crippen LogP contribution is -2.47. The number of aromatic nitrogens is 2. The zero-order chi connectivity index (χ0) is 22.5. The van der Waals surface area contributed by atoms with E-state index < -0.39 is 0 Å². The van der Waals surface area contributed by atoms with Crippen molar-refractivity contribution in [3.05, 3.63) is 102 Å². The molecule has 2 heterocycles. The number of piperazine rings is 1. The first-order valence-electron chi connectivity index (χ1n) is 11.3. The van der Waals surface area contributed by atoms with Gasteiger partial charge < -0.3 is 9.15 Å². The molecular weight excluding hydrogens is 412 g/mol. The van der Waals surface area contributed by atoms with E-state index >= 15 is 0 Å². The van der Waals surface area contributed by atoms with Gasteiger partial charge in [0.15, 0.2) is 0 Å². The topological polar surface area (TPSA) is 54.6 Å². The number of hydrogen-bond acceptors (Lipinski definition) is 6. The van der Waals surface area contributed by atoms with E-state index in [9.17, 15) is 0 Å². The third-order valence-corrected chi connectivity index (χ3v) is 6.17. The maximum atomic E-state index is 5.94. The molecule has 0 N–H and O–H groups in total. The van der Waals surface area contributed by atoms with Crippen LogP contribution in [-0.4, -0.2) is 53.3 Å². The quantitative estimate of drug-likeness (QED) is 0.417. The second-order valence-corrected chi connectivity index (χ2v) is 8.27. The highest BCUT2D eigenvalue weighted by Gasteiger charge is 2.27. The number of nitrogens with zero attached hydrogens (tertiary/aromatic N) is 4. The highest BCUT2D eigenvalue weighted by Crippen LogP contribution is 2.29. The smallest absolute Gasteiger partial charge is 0.247 e. The van der Waals surface area contributed by atoms with Gasteiger partial charge in [0.1, 0.15) is 5.75 Å². The van der Waals surface area contributed by atoms with Crippen LogP contribution in [0.25, 0.3) is 11.5 Å². The van der Waals surface area contributed by atoms with Crippen molar-refractivity contribution in [3.63, 3.8) is 0 Å². The predicted molar refractivity (Wildman–Crippen MR) is 128 cm³/mol. The van der Waals surface area contributed by atoms with Crippen molar-refractivity contribution >= 4 is 0 Å². The molecule has 0 bridgehead atoms. The summed E-state index contributed by atoms with van der Waals surface area (Å²) in [6.45, 7) is 4.53. The molecule has 33 heavy (non-hydrogen) atoms. The van der Waals surface area contributed by atoms with Gasteiger partial charge >= 0.3 is 0 Å². The van der Waals surface area contributed by atoms with Gasteiger partial charge in [-0.25, -0.2) is 0 Å². The van der Waals surface area contributed by atoms with Crippen LogP contribution < -0.4 is 4.74 Å². The van der Waals surface area contributed by atoms with Gasteiger partial charge in [0, 0.05) is 31.7 Å². The second-order valence-electron chi connectivity index (χ2n) is 8.27. The number of ether oxygens (including phenoxy) is 1. The molecule has 4 aromatic rings. The Labute approximate surface area is 194 Å². The van der Waals surface area contributed by atoms with Gasteiger partial charge in [-0.05, 0) is 35.4 Å². The summed E-state index contributed by atoms with van der Waals surface area (Å²) in [4.78, 5) is 4.95. The van der Waals surface area contributed by atoms with Crippen molar-refractivity contribution in [2.45, 2.75) is 12.6 Å². The second kappa shape index (κ2) is 9.98. The van der Waals surface area contributed by atoms with Gasteiger partial charge in [-0.3, -0.25) is 9.80 Å². The summed E-state index contributed by atoms with van der Waals surface area (Å²) < 4.78 is 11.2. The third-order valence-electron chi connectivity index (χ3n) is 6.17. The normalized spacial score (nSPS) is 15.1. The van der Waals surface area contributed by atoms with Crippen molar-refractivity contribution in [2.75, 3.05) is 33.3 Å². The van der Waals surface area contributed by atoms with Crippen LogP contribution in [-0.2, 0) is 6.54 Å². The molecule has 1 aliphatic heterocycles. The molecular formula is C27H28N4O2. The minimum absolute atomic E-state index is 0.264. The van der Waals surface area contributed by atoms with Crippen molar-refractivity contribution in [1.29, 1.82) is 0 Å². The molecule has 1 aliphatic rings. The van der Waals surface area contributed by atoms with Crippen LogP contribution in [0.3, 0.4) is 0 Å². The van der Waals surface area contributed by atoms with E-state index in [-0.39, 0.29) is 6.04 Å². The first-order valence-corrected chi connectivity index (χ1v) is 11.3. The largest absolute Gasteiger partial charge is 0.497 e. The molecule has 0 saturated carbocycles. The molecule has 0 unspecified atom stereocenters. The van der Waals surface area contributed by atoms with Crippen LogP contribution in [0.15, 0.2) is 89.3 Å². The van der Waals surface area contributed by atoms with Crippen LogP contribution in [0.5, 0.6) is 5.75 Å². The molecule has 0 atom stereocenters. The van der Waals surface area contributed by atoms with E-state index in [1.165, 1.54) is 11.1 Å². The van der Waals surface area contributed by atoms with Crippen LogP contribution in [0.1, 0.15) is 23.1 Å². The molecule has 0 radical (unpaired) electrons. The molecule has 1 saturated heterocycles. The summed E-state index contributed by atoms with van der Waals surface area (Å²) >= 11 is 0. The first-order chi connectivity index (χ1) is 16.3. The number of methoxy groups -OCH3 is 1. The highest BCUT2D eigenvalue weighted by molar-refractivity contribution is 5.53. The fraction of sp³-hybridized carbons (Fsp3) is 0.259. The molecule has 168 valence electrons. The van der Waals surface area contributed by atoms with Crippen LogP contribution in [0.2, 0.25) is 0 Å². The number of hydrogen-bond donors (Lipinski definition) is 0. The molecule has 0 aliphatic carbocycles. The minimum atomic E-state index is 0.264. The van der Waals surface area contributed by atoms with E-state index in [1.807, 2.05) is 24.3 Å². The standard InChI is InChI=1S/C27H28N4O2/c1-32-24-14-12-23(13-15-24)27-29-28-25(33-27)20-30-16-18-31(19-17-30)26(21-8-4-2-5-9-21)22-10-6-3-7-11-22/h2-15,26H,16-20H2,1H3. The summed E-state index contributed by atoms with van der Waals surface area (Å²) in [5, 5.41) is 8.51. The van der Waals surface area contributed by atoms with Crippen LogP contribution >= 0.6 is 0 Å². The lowest BCUT2D eigenvalue weighted by atomic mass is 9.96. The van der Waals surface area contributed by atoms with Crippen molar-refractivity contribution in [3.8, 4) is 17.2 Å². The SMILES string of the molecule is COc1ccc(-c2nnc(CN3CCN(C(c4ccccc4)c4ccccc4)CC3)o2)cc1. The van der Waals surface area contributed by atoms with Crippen LogP contribution in [0, 0.1) is 0 Å². The monoisotopic (exact) mass is 440 g/mol. The lowest BCUT2D eigenvalue weighted by Gasteiger charge is -2.39. The summed E-state index contributed by atoms with van der Waals surface area (Å²) in [6, 6.07) is 29.5. The van der Waals surface area contributed by atoms with E-state index in [1.54, 1.807) is 7.11 Å². The zero-order valence-electron chi connectivity index (χ0n) is 18.8. The summed E-state index contributed by atoms with van der Waals surface area (Å²) in [7, 11) is 1.65. The molecule has 5 rings (SSSR count). The van der Waals surface area contributed by atoms with Gasteiger partial charge in [-0.2, -0.15) is 0 Å². The van der Waals surface area contributed by atoms with Crippen molar-refractivity contribution < 1.29 is 9.15 Å². The van der Waals surface area contributed by atoms with Gasteiger partial charge in [-0.15, -0.1) is 10.2 Å². The summed E-state index contributed by atoms with van der Waals surface area (Å²) in [5.41, 5.74) is 3.56. The Morgan fingerprint density at radius 1 is 0.788 bits per heavy atom. The van der Waals surface area contributed by atoms with E-state index in [0.717, 1.165) is 37.5 Å². The molecule has 0 spiro atoms. The predicted octanol–water partition coefficient (Wildman–Crippen LogP) is 4.65. The maximum absolute atomic E-state index is 5.94. The van der Waals surface area contributed by atoms with Gasteiger partial charge in [0.25, 0.3) is 0 Å². The molecule has 3 aromatic carbocycles. The van der Waals surface area contributed by atoms with Gasteiger partial charge in [0.05, 0.1) is 19.7 Å².